The fourth-order valence-electron chi connectivity index (χ4n) is 1.50. The van der Waals surface area contributed by atoms with Gasteiger partial charge in [-0.3, -0.25) is 9.89 Å². The first-order valence-electron chi connectivity index (χ1n) is 5.50. The molecule has 0 aliphatic rings. The number of hydrogen-bond acceptors (Lipinski definition) is 4. The van der Waals surface area contributed by atoms with Crippen molar-refractivity contribution in [2.45, 2.75) is 12.3 Å². The van der Waals surface area contributed by atoms with Gasteiger partial charge < -0.3 is 5.32 Å². The molecule has 1 amide bonds. The molecule has 0 atom stereocenters. The van der Waals surface area contributed by atoms with E-state index in [-0.39, 0.29) is 5.91 Å². The van der Waals surface area contributed by atoms with E-state index in [2.05, 4.69) is 26.8 Å². The van der Waals surface area contributed by atoms with Gasteiger partial charge in [0.05, 0.1) is 6.54 Å². The van der Waals surface area contributed by atoms with Gasteiger partial charge >= 0.3 is 0 Å². The average molecular weight is 262 g/mol. The number of aromatic nitrogens is 3. The number of thioether (sulfide) groups is 1. The maximum absolute atomic E-state index is 11.8. The molecule has 0 aliphatic carbocycles. The molecule has 5 nitrogen and oxygen atoms in total. The Labute approximate surface area is 109 Å². The monoisotopic (exact) mass is 262 g/mol. The second-order valence-corrected chi connectivity index (χ2v) is 4.61. The van der Waals surface area contributed by atoms with Crippen molar-refractivity contribution in [3.05, 3.63) is 47.5 Å². The van der Waals surface area contributed by atoms with Crippen molar-refractivity contribution in [3.8, 4) is 0 Å². The lowest BCUT2D eigenvalue weighted by molar-refractivity contribution is 0.0950. The molecule has 1 aromatic heterocycles. The maximum atomic E-state index is 11.8. The van der Waals surface area contributed by atoms with Crippen LogP contribution in [0.3, 0.4) is 0 Å². The van der Waals surface area contributed by atoms with E-state index in [4.69, 9.17) is 0 Å². The highest BCUT2D eigenvalue weighted by Crippen LogP contribution is 2.10. The summed E-state index contributed by atoms with van der Waals surface area (Å²) in [5, 5.41) is 9.18. The third kappa shape index (κ3) is 3.33. The van der Waals surface area contributed by atoms with Crippen LogP contribution < -0.4 is 5.32 Å². The van der Waals surface area contributed by atoms with Crippen LogP contribution in [0.2, 0.25) is 0 Å². The standard InChI is InChI=1S/C12H14N4OS/c1-18-7-9-2-4-10(5-3-9)12(17)13-6-11-14-8-15-16-11/h2-5,8H,6-7H2,1H3,(H,13,17)(H,14,15,16). The highest BCUT2D eigenvalue weighted by Gasteiger charge is 2.05. The van der Waals surface area contributed by atoms with Gasteiger partial charge in [-0.2, -0.15) is 16.9 Å². The molecule has 0 bridgehead atoms. The number of hydrogen-bond donors (Lipinski definition) is 2. The molecule has 2 aromatic rings. The van der Waals surface area contributed by atoms with Gasteiger partial charge in [0.1, 0.15) is 12.2 Å². The van der Waals surface area contributed by atoms with Crippen LogP contribution in [0.1, 0.15) is 21.7 Å². The number of rotatable bonds is 5. The molecule has 0 fully saturated rings. The summed E-state index contributed by atoms with van der Waals surface area (Å²) in [7, 11) is 0. The zero-order valence-corrected chi connectivity index (χ0v) is 10.8. The molecule has 1 aromatic carbocycles. The molecule has 0 saturated carbocycles. The first-order chi connectivity index (χ1) is 8.79. The Morgan fingerprint density at radius 2 is 2.17 bits per heavy atom. The third-order valence-electron chi connectivity index (χ3n) is 2.41. The van der Waals surface area contributed by atoms with Gasteiger partial charge in [-0.25, -0.2) is 4.98 Å². The first-order valence-corrected chi connectivity index (χ1v) is 6.89. The summed E-state index contributed by atoms with van der Waals surface area (Å²) in [5.74, 6) is 1.49. The van der Waals surface area contributed by atoms with E-state index in [1.807, 2.05) is 24.3 Å². The average Bonchev–Trinajstić information content (AvgIpc) is 2.90. The minimum atomic E-state index is -0.109. The van der Waals surface area contributed by atoms with Crippen molar-refractivity contribution in [1.29, 1.82) is 0 Å². The first kappa shape index (κ1) is 12.6. The van der Waals surface area contributed by atoms with Gasteiger partial charge in [-0.15, -0.1) is 0 Å². The fourth-order valence-corrected chi connectivity index (χ4v) is 2.03. The van der Waals surface area contributed by atoms with Crippen LogP contribution in [0.5, 0.6) is 0 Å². The molecule has 0 radical (unpaired) electrons. The molecule has 1 heterocycles. The molecule has 0 spiro atoms. The Morgan fingerprint density at radius 1 is 1.39 bits per heavy atom. The van der Waals surface area contributed by atoms with Crippen LogP contribution in [-0.4, -0.2) is 27.3 Å². The van der Waals surface area contributed by atoms with Crippen molar-refractivity contribution in [3.63, 3.8) is 0 Å². The van der Waals surface area contributed by atoms with Crippen molar-refractivity contribution in [2.24, 2.45) is 0 Å². The van der Waals surface area contributed by atoms with E-state index < -0.39 is 0 Å². The Hall–Kier alpha value is -1.82. The maximum Gasteiger partial charge on any atom is 0.251 e. The van der Waals surface area contributed by atoms with Crippen LogP contribution in [0.25, 0.3) is 0 Å². The highest BCUT2D eigenvalue weighted by atomic mass is 32.2. The second kappa shape index (κ2) is 6.20. The zero-order valence-electron chi connectivity index (χ0n) is 10.0. The molecular formula is C12H14N4OS. The van der Waals surface area contributed by atoms with E-state index >= 15 is 0 Å². The van der Waals surface area contributed by atoms with Gasteiger partial charge in [0.25, 0.3) is 5.91 Å². The van der Waals surface area contributed by atoms with Crippen LogP contribution in [-0.2, 0) is 12.3 Å². The summed E-state index contributed by atoms with van der Waals surface area (Å²) in [6.07, 6.45) is 3.47. The lowest BCUT2D eigenvalue weighted by Crippen LogP contribution is -2.23. The van der Waals surface area contributed by atoms with E-state index in [1.165, 1.54) is 11.9 Å². The van der Waals surface area contributed by atoms with Gasteiger partial charge in [-0.1, -0.05) is 12.1 Å². The van der Waals surface area contributed by atoms with E-state index in [0.29, 0.717) is 17.9 Å². The summed E-state index contributed by atoms with van der Waals surface area (Å²) in [6, 6.07) is 7.61. The molecule has 6 heteroatoms. The predicted octanol–water partition coefficient (Wildman–Crippen LogP) is 1.60. The van der Waals surface area contributed by atoms with Gasteiger partial charge in [0.2, 0.25) is 0 Å². The van der Waals surface area contributed by atoms with Crippen molar-refractivity contribution in [1.82, 2.24) is 20.5 Å². The SMILES string of the molecule is CSCc1ccc(C(=O)NCc2ncn[nH]2)cc1. The second-order valence-electron chi connectivity index (χ2n) is 3.74. The minimum absolute atomic E-state index is 0.109. The van der Waals surface area contributed by atoms with Crippen LogP contribution in [0.4, 0.5) is 0 Å². The highest BCUT2D eigenvalue weighted by molar-refractivity contribution is 7.97. The smallest absolute Gasteiger partial charge is 0.251 e. The number of aromatic amines is 1. The minimum Gasteiger partial charge on any atom is -0.345 e. The summed E-state index contributed by atoms with van der Waals surface area (Å²) in [6.45, 7) is 0.353. The molecule has 0 unspecified atom stereocenters. The molecule has 0 saturated heterocycles. The largest absolute Gasteiger partial charge is 0.345 e. The number of nitrogens with one attached hydrogen (secondary N) is 2. The van der Waals surface area contributed by atoms with E-state index in [1.54, 1.807) is 11.8 Å². The molecule has 0 aliphatic heterocycles. The van der Waals surface area contributed by atoms with Crippen LogP contribution in [0, 0.1) is 0 Å². The normalized spacial score (nSPS) is 10.3. The predicted molar refractivity (Wildman–Crippen MR) is 71.2 cm³/mol. The van der Waals surface area contributed by atoms with Gasteiger partial charge in [-0.05, 0) is 24.0 Å². The van der Waals surface area contributed by atoms with Gasteiger partial charge in [0.15, 0.2) is 0 Å². The van der Waals surface area contributed by atoms with E-state index in [0.717, 1.165) is 5.75 Å². The number of benzene rings is 1. The Kier molecular flexibility index (Phi) is 4.35. The molecule has 94 valence electrons. The Morgan fingerprint density at radius 3 is 2.78 bits per heavy atom. The Bertz CT molecular complexity index is 495. The number of amides is 1. The summed E-state index contributed by atoms with van der Waals surface area (Å²) in [5.41, 5.74) is 1.87. The van der Waals surface area contributed by atoms with Crippen molar-refractivity contribution >= 4 is 17.7 Å². The Balaban J connectivity index is 1.92. The third-order valence-corrected chi connectivity index (χ3v) is 3.03. The number of carbonyl (C=O) groups excluding carboxylic acids is 1. The number of H-pyrrole nitrogens is 1. The summed E-state index contributed by atoms with van der Waals surface area (Å²) in [4.78, 5) is 15.8. The fraction of sp³-hybridized carbons (Fsp3) is 0.250. The lowest BCUT2D eigenvalue weighted by atomic mass is 10.1. The van der Waals surface area contributed by atoms with Crippen LogP contribution in [0.15, 0.2) is 30.6 Å². The quantitative estimate of drug-likeness (QED) is 0.858. The summed E-state index contributed by atoms with van der Waals surface area (Å²) >= 11 is 1.76. The van der Waals surface area contributed by atoms with Crippen molar-refractivity contribution in [2.75, 3.05) is 6.26 Å². The summed E-state index contributed by atoms with van der Waals surface area (Å²) < 4.78 is 0. The lowest BCUT2D eigenvalue weighted by Gasteiger charge is -2.04. The molecular weight excluding hydrogens is 248 g/mol. The van der Waals surface area contributed by atoms with Crippen molar-refractivity contribution < 1.29 is 4.79 Å². The molecule has 2 N–H and O–H groups in total. The number of nitrogens with zero attached hydrogens (tertiary/aromatic N) is 2. The topological polar surface area (TPSA) is 70.7 Å². The van der Waals surface area contributed by atoms with Crippen LogP contribution >= 0.6 is 11.8 Å². The molecule has 18 heavy (non-hydrogen) atoms. The molecule has 2 rings (SSSR count). The number of carbonyl (C=O) groups is 1. The van der Waals surface area contributed by atoms with Gasteiger partial charge in [0, 0.05) is 11.3 Å². The van der Waals surface area contributed by atoms with E-state index in [9.17, 15) is 4.79 Å². The zero-order chi connectivity index (χ0) is 12.8.